The topological polar surface area (TPSA) is 124 Å². The quantitative estimate of drug-likeness (QED) is 0.206. The number of carbonyl (C=O) groups excluding carboxylic acids is 3. The molecule has 2 aromatic carbocycles. The molecule has 1 aliphatic rings. The highest BCUT2D eigenvalue weighted by Gasteiger charge is 2.52. The van der Waals surface area contributed by atoms with E-state index < -0.39 is 56.3 Å². The fourth-order valence-electron chi connectivity index (χ4n) is 3.95. The first-order valence-corrected chi connectivity index (χ1v) is 14.1. The van der Waals surface area contributed by atoms with Crippen LogP contribution in [0.3, 0.4) is 0 Å². The van der Waals surface area contributed by atoms with Crippen molar-refractivity contribution in [3.8, 4) is 0 Å². The minimum atomic E-state index is -3.82. The molecule has 3 rings (SSSR count). The van der Waals surface area contributed by atoms with E-state index in [1.807, 2.05) is 36.4 Å². The predicted molar refractivity (Wildman–Crippen MR) is 136 cm³/mol. The van der Waals surface area contributed by atoms with E-state index in [9.17, 15) is 18.9 Å². The van der Waals surface area contributed by atoms with Crippen molar-refractivity contribution >= 4 is 25.5 Å². The normalized spacial score (nSPS) is 23.0. The van der Waals surface area contributed by atoms with Gasteiger partial charge in [0.2, 0.25) is 6.29 Å². The second-order valence-corrected chi connectivity index (χ2v) is 11.1. The van der Waals surface area contributed by atoms with Gasteiger partial charge in [-0.15, -0.1) is 0 Å². The van der Waals surface area contributed by atoms with E-state index in [2.05, 4.69) is 0 Å². The number of alkyl halides is 1. The zero-order valence-electron chi connectivity index (χ0n) is 21.9. The average molecular weight is 567 g/mol. The predicted octanol–water partition coefficient (Wildman–Crippen LogP) is 4.49. The molecule has 1 unspecified atom stereocenters. The third-order valence-electron chi connectivity index (χ3n) is 5.69. The first kappa shape index (κ1) is 30.4. The molecule has 0 saturated carbocycles. The van der Waals surface area contributed by atoms with Crippen LogP contribution >= 0.6 is 7.60 Å². The lowest BCUT2D eigenvalue weighted by atomic mass is 9.98. The third-order valence-corrected chi connectivity index (χ3v) is 7.54. The lowest BCUT2D eigenvalue weighted by Crippen LogP contribution is -2.59. The molecule has 0 aromatic heterocycles. The second-order valence-electron chi connectivity index (χ2n) is 8.89. The van der Waals surface area contributed by atoms with E-state index in [-0.39, 0.29) is 25.8 Å². The second kappa shape index (κ2) is 14.3. The first-order chi connectivity index (χ1) is 18.6. The SMILES string of the molecule is CC(=O)OC1O[C@H](CCP(=O)(OCc2ccccc2)OCc2ccccc2)[C@@H](OC(C)=O)[C@H](F)[C@@H]1OC(C)=O. The van der Waals surface area contributed by atoms with Crippen LogP contribution in [0.5, 0.6) is 0 Å². The van der Waals surface area contributed by atoms with Gasteiger partial charge in [0.05, 0.1) is 19.4 Å². The van der Waals surface area contributed by atoms with Crippen LogP contribution in [0.1, 0.15) is 38.3 Å². The largest absolute Gasteiger partial charge is 0.456 e. The van der Waals surface area contributed by atoms with Crippen molar-refractivity contribution in [2.75, 3.05) is 6.16 Å². The zero-order chi connectivity index (χ0) is 28.4. The maximum absolute atomic E-state index is 15.6. The monoisotopic (exact) mass is 566 g/mol. The lowest BCUT2D eigenvalue weighted by molar-refractivity contribution is -0.283. The number of carbonyl (C=O) groups is 3. The molecular weight excluding hydrogens is 534 g/mol. The zero-order valence-corrected chi connectivity index (χ0v) is 22.8. The van der Waals surface area contributed by atoms with Crippen molar-refractivity contribution in [1.82, 2.24) is 0 Å². The van der Waals surface area contributed by atoms with Gasteiger partial charge in [0.1, 0.15) is 6.10 Å². The molecule has 1 heterocycles. The Morgan fingerprint density at radius 1 is 0.769 bits per heavy atom. The van der Waals surface area contributed by atoms with Crippen LogP contribution in [-0.4, -0.2) is 54.8 Å². The molecule has 12 heteroatoms. The van der Waals surface area contributed by atoms with Crippen LogP contribution in [0.15, 0.2) is 60.7 Å². The summed E-state index contributed by atoms with van der Waals surface area (Å²) < 4.78 is 61.9. The Bertz CT molecular complexity index is 1100. The van der Waals surface area contributed by atoms with Crippen molar-refractivity contribution in [3.05, 3.63) is 71.8 Å². The minimum Gasteiger partial charge on any atom is -0.456 e. The highest BCUT2D eigenvalue weighted by Crippen LogP contribution is 2.51. The van der Waals surface area contributed by atoms with Gasteiger partial charge in [-0.25, -0.2) is 4.39 Å². The summed E-state index contributed by atoms with van der Waals surface area (Å²) in [7, 11) is -3.82. The van der Waals surface area contributed by atoms with Crippen molar-refractivity contribution in [1.29, 1.82) is 0 Å². The standard InChI is InChI=1S/C27H32FO10P/c1-18(29)35-25-23(38-27(37-20(3)31)26(24(25)28)36-19(2)30)14-15-39(32,33-16-21-10-6-4-7-11-21)34-17-22-12-8-5-9-13-22/h4-13,23-27H,14-17H2,1-3H3/t23-,24+,25-,26+,27?/m1/s1. The van der Waals surface area contributed by atoms with Gasteiger partial charge in [-0.1, -0.05) is 60.7 Å². The fourth-order valence-corrected chi connectivity index (χ4v) is 5.55. The number of esters is 3. The molecule has 0 bridgehead atoms. The molecule has 10 nitrogen and oxygen atoms in total. The fraction of sp³-hybridized carbons (Fsp3) is 0.444. The molecule has 1 saturated heterocycles. The molecule has 5 atom stereocenters. The van der Waals surface area contributed by atoms with E-state index in [4.69, 9.17) is 28.0 Å². The summed E-state index contributed by atoms with van der Waals surface area (Å²) in [5, 5.41) is 0. The van der Waals surface area contributed by atoms with Gasteiger partial charge in [0.15, 0.2) is 18.4 Å². The van der Waals surface area contributed by atoms with Crippen molar-refractivity contribution in [2.24, 2.45) is 0 Å². The Kier molecular flexibility index (Phi) is 11.2. The summed E-state index contributed by atoms with van der Waals surface area (Å²) >= 11 is 0. The molecule has 0 aliphatic carbocycles. The average Bonchev–Trinajstić information content (AvgIpc) is 2.90. The Morgan fingerprint density at radius 3 is 1.69 bits per heavy atom. The van der Waals surface area contributed by atoms with Gasteiger partial charge < -0.3 is 28.0 Å². The summed E-state index contributed by atoms with van der Waals surface area (Å²) in [5.41, 5.74) is 1.52. The number of benzene rings is 2. The summed E-state index contributed by atoms with van der Waals surface area (Å²) in [6.45, 7) is 3.19. The van der Waals surface area contributed by atoms with E-state index in [1.165, 1.54) is 0 Å². The molecule has 0 amide bonds. The molecule has 212 valence electrons. The maximum Gasteiger partial charge on any atom is 0.331 e. The summed E-state index contributed by atoms with van der Waals surface area (Å²) in [5.74, 6) is -2.47. The van der Waals surface area contributed by atoms with E-state index in [1.54, 1.807) is 24.3 Å². The van der Waals surface area contributed by atoms with Crippen LogP contribution in [0.25, 0.3) is 0 Å². The van der Waals surface area contributed by atoms with Crippen molar-refractivity contribution in [2.45, 2.75) is 71.2 Å². The first-order valence-electron chi connectivity index (χ1n) is 12.3. The lowest BCUT2D eigenvalue weighted by Gasteiger charge is -2.41. The third kappa shape index (κ3) is 9.54. The van der Waals surface area contributed by atoms with Crippen LogP contribution in [0, 0.1) is 0 Å². The van der Waals surface area contributed by atoms with Gasteiger partial charge in [0, 0.05) is 20.8 Å². The number of hydrogen-bond donors (Lipinski definition) is 0. The highest BCUT2D eigenvalue weighted by atomic mass is 31.2. The minimum absolute atomic E-state index is 0.0118. The molecule has 39 heavy (non-hydrogen) atoms. The van der Waals surface area contributed by atoms with Crippen LogP contribution in [-0.2, 0) is 60.2 Å². The Balaban J connectivity index is 1.80. The molecule has 0 radical (unpaired) electrons. The smallest absolute Gasteiger partial charge is 0.331 e. The summed E-state index contributed by atoms with van der Waals surface area (Å²) in [6, 6.07) is 18.1. The van der Waals surface area contributed by atoms with E-state index in [0.717, 1.165) is 31.9 Å². The Morgan fingerprint density at radius 2 is 1.23 bits per heavy atom. The van der Waals surface area contributed by atoms with Gasteiger partial charge >= 0.3 is 25.5 Å². The molecule has 2 aromatic rings. The number of ether oxygens (including phenoxy) is 4. The maximum atomic E-state index is 15.6. The Labute approximate surface area is 226 Å². The van der Waals surface area contributed by atoms with Crippen LogP contribution < -0.4 is 0 Å². The highest BCUT2D eigenvalue weighted by molar-refractivity contribution is 7.53. The van der Waals surface area contributed by atoms with Gasteiger partial charge in [-0.2, -0.15) is 0 Å². The van der Waals surface area contributed by atoms with Crippen molar-refractivity contribution in [3.63, 3.8) is 0 Å². The Hall–Kier alpha value is -3.11. The number of hydrogen-bond acceptors (Lipinski definition) is 10. The van der Waals surface area contributed by atoms with Crippen molar-refractivity contribution < 1.29 is 51.3 Å². The van der Waals surface area contributed by atoms with E-state index in [0.29, 0.717) is 0 Å². The van der Waals surface area contributed by atoms with E-state index >= 15 is 4.39 Å². The molecule has 1 fully saturated rings. The molecular formula is C27H32FO10P. The summed E-state index contributed by atoms with van der Waals surface area (Å²) in [6.07, 6.45) is -8.58. The van der Waals surface area contributed by atoms with Crippen LogP contribution in [0.2, 0.25) is 0 Å². The molecule has 1 aliphatic heterocycles. The molecule has 0 spiro atoms. The number of rotatable bonds is 12. The summed E-state index contributed by atoms with van der Waals surface area (Å²) in [4.78, 5) is 35.0. The number of halogens is 1. The van der Waals surface area contributed by atoms with Gasteiger partial charge in [-0.3, -0.25) is 18.9 Å². The van der Waals surface area contributed by atoms with Gasteiger partial charge in [0.25, 0.3) is 0 Å². The van der Waals surface area contributed by atoms with Crippen LogP contribution in [0.4, 0.5) is 4.39 Å². The van der Waals surface area contributed by atoms with Gasteiger partial charge in [-0.05, 0) is 17.5 Å². The molecule has 0 N–H and O–H groups in total.